The fraction of sp³-hybridized carbons (Fsp3) is 0.333. The lowest BCUT2D eigenvalue weighted by Crippen LogP contribution is -2.66. The fourth-order valence-corrected chi connectivity index (χ4v) is 1.92. The van der Waals surface area contributed by atoms with Crippen LogP contribution in [0.4, 0.5) is 5.69 Å². The molecule has 1 heterocycles. The van der Waals surface area contributed by atoms with Crippen molar-refractivity contribution >= 4 is 17.4 Å². The molecule has 0 saturated carbocycles. The van der Waals surface area contributed by atoms with Crippen LogP contribution in [0.3, 0.4) is 0 Å². The number of para-hydroxylation sites is 1. The smallest absolute Gasteiger partial charge is 0.230 e. The van der Waals surface area contributed by atoms with Crippen molar-refractivity contribution in [3.63, 3.8) is 0 Å². The molecule has 0 aromatic heterocycles. The number of benzene rings is 1. The average Bonchev–Trinajstić information content (AvgIpc) is 2.18. The molecular weight excluding hydrogens is 190 g/mol. The van der Waals surface area contributed by atoms with Crippen LogP contribution < -0.4 is 4.90 Å². The van der Waals surface area contributed by atoms with Crippen molar-refractivity contribution < 1.29 is 9.59 Å². The summed E-state index contributed by atoms with van der Waals surface area (Å²) in [6.07, 6.45) is 0.317. The van der Waals surface area contributed by atoms with E-state index in [4.69, 9.17) is 0 Å². The Morgan fingerprint density at radius 3 is 2.40 bits per heavy atom. The lowest BCUT2D eigenvalue weighted by molar-refractivity contribution is -0.136. The van der Waals surface area contributed by atoms with Gasteiger partial charge >= 0.3 is 0 Å². The van der Waals surface area contributed by atoms with Gasteiger partial charge in [-0.25, -0.2) is 0 Å². The van der Waals surface area contributed by atoms with Gasteiger partial charge in [-0.15, -0.1) is 0 Å². The maximum atomic E-state index is 11.5. The van der Waals surface area contributed by atoms with E-state index in [1.807, 2.05) is 37.3 Å². The number of nitrogens with zero attached hydrogens (tertiary/aromatic N) is 1. The van der Waals surface area contributed by atoms with Gasteiger partial charge in [0.05, 0.1) is 6.42 Å². The van der Waals surface area contributed by atoms with E-state index < -0.39 is 5.54 Å². The number of rotatable bonds is 2. The van der Waals surface area contributed by atoms with Crippen LogP contribution in [0.2, 0.25) is 0 Å². The molecule has 3 heteroatoms. The Kier molecular flexibility index (Phi) is 2.11. The van der Waals surface area contributed by atoms with Gasteiger partial charge in [0, 0.05) is 5.69 Å². The Morgan fingerprint density at radius 1 is 1.33 bits per heavy atom. The number of ketones is 1. The predicted molar refractivity (Wildman–Crippen MR) is 57.6 cm³/mol. The highest BCUT2D eigenvalue weighted by molar-refractivity contribution is 6.13. The average molecular weight is 203 g/mol. The zero-order valence-electron chi connectivity index (χ0n) is 8.86. The Balaban J connectivity index is 2.37. The standard InChI is InChI=1S/C12H13NO2/c1-9(14)12(2)8-11(15)13(12)10-6-4-3-5-7-10/h3-7H,8H2,1-2H3. The van der Waals surface area contributed by atoms with Crippen molar-refractivity contribution in [3.8, 4) is 0 Å². The van der Waals surface area contributed by atoms with Crippen molar-refractivity contribution in [1.29, 1.82) is 0 Å². The number of anilines is 1. The van der Waals surface area contributed by atoms with Crippen molar-refractivity contribution in [2.24, 2.45) is 0 Å². The normalized spacial score (nSPS) is 24.9. The number of carbonyl (C=O) groups excluding carboxylic acids is 2. The van der Waals surface area contributed by atoms with E-state index in [1.54, 1.807) is 4.90 Å². The van der Waals surface area contributed by atoms with E-state index >= 15 is 0 Å². The zero-order valence-corrected chi connectivity index (χ0v) is 8.86. The van der Waals surface area contributed by atoms with E-state index in [0.29, 0.717) is 6.42 Å². The van der Waals surface area contributed by atoms with Gasteiger partial charge in [-0.1, -0.05) is 18.2 Å². The summed E-state index contributed by atoms with van der Waals surface area (Å²) >= 11 is 0. The van der Waals surface area contributed by atoms with E-state index in [0.717, 1.165) is 5.69 Å². The Morgan fingerprint density at radius 2 is 1.93 bits per heavy atom. The van der Waals surface area contributed by atoms with Crippen LogP contribution in [0.15, 0.2) is 30.3 Å². The third-order valence-corrected chi connectivity index (χ3v) is 3.01. The first-order valence-corrected chi connectivity index (χ1v) is 4.95. The highest BCUT2D eigenvalue weighted by atomic mass is 16.2. The molecule has 1 aromatic carbocycles. The zero-order chi connectivity index (χ0) is 11.1. The lowest BCUT2D eigenvalue weighted by atomic mass is 9.82. The van der Waals surface area contributed by atoms with Gasteiger partial charge in [-0.05, 0) is 26.0 Å². The van der Waals surface area contributed by atoms with Crippen LogP contribution in [-0.2, 0) is 9.59 Å². The third-order valence-electron chi connectivity index (χ3n) is 3.01. The number of Topliss-reactive ketones (excluding diaryl/α,β-unsaturated/α-hetero) is 1. The lowest BCUT2D eigenvalue weighted by Gasteiger charge is -2.48. The van der Waals surface area contributed by atoms with E-state index in [1.165, 1.54) is 6.92 Å². The van der Waals surface area contributed by atoms with Gasteiger partial charge in [-0.3, -0.25) is 14.5 Å². The first-order valence-electron chi connectivity index (χ1n) is 4.95. The van der Waals surface area contributed by atoms with Crippen LogP contribution in [0.25, 0.3) is 0 Å². The highest BCUT2D eigenvalue weighted by Gasteiger charge is 2.51. The maximum absolute atomic E-state index is 11.5. The molecule has 0 radical (unpaired) electrons. The van der Waals surface area contributed by atoms with E-state index in [9.17, 15) is 9.59 Å². The second kappa shape index (κ2) is 3.19. The fourth-order valence-electron chi connectivity index (χ4n) is 1.92. The van der Waals surface area contributed by atoms with Crippen LogP contribution in [0, 0.1) is 0 Å². The molecule has 78 valence electrons. The van der Waals surface area contributed by atoms with Crippen LogP contribution >= 0.6 is 0 Å². The van der Waals surface area contributed by atoms with E-state index in [2.05, 4.69) is 0 Å². The van der Waals surface area contributed by atoms with Crippen LogP contribution in [0.1, 0.15) is 20.3 Å². The molecule has 0 spiro atoms. The number of β-lactam (4-membered cyclic amide) rings is 1. The second-order valence-electron chi connectivity index (χ2n) is 4.07. The molecule has 15 heavy (non-hydrogen) atoms. The molecule has 1 fully saturated rings. The Labute approximate surface area is 88.7 Å². The first kappa shape index (κ1) is 9.90. The monoisotopic (exact) mass is 203 g/mol. The predicted octanol–water partition coefficient (Wildman–Crippen LogP) is 1.77. The summed E-state index contributed by atoms with van der Waals surface area (Å²) in [5.74, 6) is 0.0462. The molecule has 1 aromatic rings. The number of hydrogen-bond acceptors (Lipinski definition) is 2. The first-order chi connectivity index (χ1) is 7.05. The second-order valence-corrected chi connectivity index (χ2v) is 4.07. The van der Waals surface area contributed by atoms with Gasteiger partial charge in [0.1, 0.15) is 5.54 Å². The molecular formula is C12H13NO2. The van der Waals surface area contributed by atoms with Gasteiger partial charge in [0.2, 0.25) is 5.91 Å². The summed E-state index contributed by atoms with van der Waals surface area (Å²) in [5.41, 5.74) is 0.157. The van der Waals surface area contributed by atoms with E-state index in [-0.39, 0.29) is 11.7 Å². The quantitative estimate of drug-likeness (QED) is 0.687. The Bertz CT molecular complexity index is 413. The van der Waals surface area contributed by atoms with Crippen LogP contribution in [-0.4, -0.2) is 17.2 Å². The molecule has 1 saturated heterocycles. The van der Waals surface area contributed by atoms with Crippen molar-refractivity contribution in [1.82, 2.24) is 0 Å². The Hall–Kier alpha value is -1.64. The highest BCUT2D eigenvalue weighted by Crippen LogP contribution is 2.37. The summed E-state index contributed by atoms with van der Waals surface area (Å²) in [7, 11) is 0. The maximum Gasteiger partial charge on any atom is 0.230 e. The third kappa shape index (κ3) is 1.35. The topological polar surface area (TPSA) is 37.4 Å². The van der Waals surface area contributed by atoms with Crippen molar-refractivity contribution in [3.05, 3.63) is 30.3 Å². The molecule has 3 nitrogen and oxygen atoms in total. The molecule has 1 unspecified atom stereocenters. The number of hydrogen-bond donors (Lipinski definition) is 0. The van der Waals surface area contributed by atoms with Gasteiger partial charge in [0.15, 0.2) is 5.78 Å². The summed E-state index contributed by atoms with van der Waals surface area (Å²) in [5, 5.41) is 0. The molecule has 1 aliphatic rings. The van der Waals surface area contributed by atoms with Crippen LogP contribution in [0.5, 0.6) is 0 Å². The minimum Gasteiger partial charge on any atom is -0.299 e. The molecule has 1 amide bonds. The number of carbonyl (C=O) groups is 2. The molecule has 0 N–H and O–H groups in total. The molecule has 0 bridgehead atoms. The summed E-state index contributed by atoms with van der Waals surface area (Å²) in [4.78, 5) is 24.6. The summed E-state index contributed by atoms with van der Waals surface area (Å²) in [6, 6.07) is 9.30. The number of amides is 1. The summed E-state index contributed by atoms with van der Waals surface area (Å²) in [6.45, 7) is 3.34. The SMILES string of the molecule is CC(=O)C1(C)CC(=O)N1c1ccccc1. The molecule has 0 aliphatic carbocycles. The minimum absolute atomic E-state index is 0.0129. The molecule has 1 aliphatic heterocycles. The summed E-state index contributed by atoms with van der Waals surface area (Å²) < 4.78 is 0. The molecule has 2 rings (SSSR count). The van der Waals surface area contributed by atoms with Gasteiger partial charge in [0.25, 0.3) is 0 Å². The van der Waals surface area contributed by atoms with Crippen molar-refractivity contribution in [2.75, 3.05) is 4.90 Å². The molecule has 1 atom stereocenters. The minimum atomic E-state index is -0.640. The largest absolute Gasteiger partial charge is 0.299 e. The van der Waals surface area contributed by atoms with Gasteiger partial charge < -0.3 is 0 Å². The van der Waals surface area contributed by atoms with Gasteiger partial charge in [-0.2, -0.15) is 0 Å². The van der Waals surface area contributed by atoms with Crippen molar-refractivity contribution in [2.45, 2.75) is 25.8 Å².